The lowest BCUT2D eigenvalue weighted by molar-refractivity contribution is -0.272. The van der Waals surface area contributed by atoms with E-state index in [0.29, 0.717) is 6.42 Å². The Balaban J connectivity index is 1.55. The summed E-state index contributed by atoms with van der Waals surface area (Å²) >= 11 is 0. The van der Waals surface area contributed by atoms with Crippen LogP contribution in [0.15, 0.2) is 35.9 Å². The lowest BCUT2D eigenvalue weighted by Crippen LogP contribution is -2.63. The van der Waals surface area contributed by atoms with Gasteiger partial charge in [0.05, 0.1) is 0 Å². The summed E-state index contributed by atoms with van der Waals surface area (Å²) in [6.07, 6.45) is 5.01. The van der Waals surface area contributed by atoms with Crippen molar-refractivity contribution in [2.45, 2.75) is 70.2 Å². The van der Waals surface area contributed by atoms with E-state index in [-0.39, 0.29) is 34.2 Å². The second kappa shape index (κ2) is 6.00. The number of carbonyl (C=O) groups excluding carboxylic acids is 2. The zero-order chi connectivity index (χ0) is 22.7. The lowest BCUT2D eigenvalue weighted by Gasteiger charge is -2.62. The number of fused-ring (bicyclic) bond motifs is 9. The van der Waals surface area contributed by atoms with E-state index >= 15 is 0 Å². The molecule has 0 spiro atoms. The summed E-state index contributed by atoms with van der Waals surface area (Å²) in [6, 6.07) is 8.12. The molecule has 0 radical (unpaired) electrons. The van der Waals surface area contributed by atoms with Crippen LogP contribution < -0.4 is 0 Å². The number of aromatic nitrogens is 1. The summed E-state index contributed by atoms with van der Waals surface area (Å²) < 4.78 is 12.4. The first-order valence-electron chi connectivity index (χ1n) is 11.8. The van der Waals surface area contributed by atoms with Crippen molar-refractivity contribution in [3.05, 3.63) is 47.2 Å². The number of ketones is 2. The van der Waals surface area contributed by atoms with Gasteiger partial charge in [-0.1, -0.05) is 32.0 Å². The molecule has 1 aliphatic heterocycles. The fraction of sp³-hybridized carbons (Fsp3) is 0.556. The zero-order valence-corrected chi connectivity index (χ0v) is 19.5. The summed E-state index contributed by atoms with van der Waals surface area (Å²) in [5.74, 6) is -0.527. The number of hydrogen-bond donors (Lipinski definition) is 1. The predicted molar refractivity (Wildman–Crippen MR) is 122 cm³/mol. The van der Waals surface area contributed by atoms with Gasteiger partial charge < -0.3 is 14.5 Å². The third kappa shape index (κ3) is 2.12. The molecule has 1 unspecified atom stereocenters. The van der Waals surface area contributed by atoms with Gasteiger partial charge in [0.15, 0.2) is 17.4 Å². The fourth-order valence-electron chi connectivity index (χ4n) is 7.64. The number of carbonyl (C=O) groups is 2. The third-order valence-electron chi connectivity index (χ3n) is 9.60. The molecule has 0 bridgehead atoms. The van der Waals surface area contributed by atoms with Gasteiger partial charge in [-0.05, 0) is 62.2 Å². The van der Waals surface area contributed by atoms with E-state index in [9.17, 15) is 9.59 Å². The van der Waals surface area contributed by atoms with Gasteiger partial charge in [-0.15, -0.1) is 0 Å². The number of H-pyrrole nitrogens is 1. The number of Topliss-reactive ketones (excluding diaryl/α,β-unsaturated/α-hetero) is 1. The zero-order valence-electron chi connectivity index (χ0n) is 19.5. The first-order chi connectivity index (χ1) is 15.1. The van der Waals surface area contributed by atoms with Crippen molar-refractivity contribution in [1.82, 2.24) is 4.98 Å². The van der Waals surface area contributed by atoms with Crippen LogP contribution in [-0.2, 0) is 19.7 Å². The van der Waals surface area contributed by atoms with Crippen LogP contribution in [0.4, 0.5) is 0 Å². The van der Waals surface area contributed by atoms with Crippen molar-refractivity contribution in [1.29, 1.82) is 0 Å². The molecule has 1 aromatic carbocycles. The minimum absolute atomic E-state index is 0.00880. The van der Waals surface area contributed by atoms with Gasteiger partial charge in [-0.25, -0.2) is 0 Å². The smallest absolute Gasteiger partial charge is 0.192 e. The quantitative estimate of drug-likeness (QED) is 0.680. The van der Waals surface area contributed by atoms with Crippen LogP contribution in [0, 0.1) is 17.3 Å². The molecule has 0 saturated heterocycles. The number of rotatable bonds is 1. The van der Waals surface area contributed by atoms with Gasteiger partial charge in [-0.2, -0.15) is 0 Å². The minimum atomic E-state index is -0.901. The highest BCUT2D eigenvalue weighted by molar-refractivity contribution is 6.14. The van der Waals surface area contributed by atoms with Crippen LogP contribution in [0.25, 0.3) is 10.9 Å². The van der Waals surface area contributed by atoms with E-state index in [2.05, 4.69) is 31.0 Å². The van der Waals surface area contributed by atoms with Crippen LogP contribution in [-0.4, -0.2) is 35.0 Å². The predicted octanol–water partition coefficient (Wildman–Crippen LogP) is 5.10. The number of ether oxygens (including phenoxy) is 2. The van der Waals surface area contributed by atoms with Crippen molar-refractivity contribution >= 4 is 22.5 Å². The Hall–Kier alpha value is -2.24. The molecular weight excluding hydrogens is 402 g/mol. The Labute approximate surface area is 188 Å². The van der Waals surface area contributed by atoms with Crippen molar-refractivity contribution in [2.24, 2.45) is 17.3 Å². The van der Waals surface area contributed by atoms with Gasteiger partial charge in [-0.3, -0.25) is 9.59 Å². The lowest BCUT2D eigenvalue weighted by atomic mass is 9.44. The number of nitrogens with one attached hydrogen (secondary N) is 1. The number of methoxy groups -OCH3 is 1. The summed E-state index contributed by atoms with van der Waals surface area (Å²) in [7, 11) is 1.69. The van der Waals surface area contributed by atoms with Crippen molar-refractivity contribution in [3.8, 4) is 0 Å². The second-order valence-electron chi connectivity index (χ2n) is 11.1. The van der Waals surface area contributed by atoms with E-state index in [1.165, 1.54) is 0 Å². The molecule has 2 aromatic rings. The average Bonchev–Trinajstić information content (AvgIpc) is 3.25. The molecule has 1 N–H and O–H groups in total. The van der Waals surface area contributed by atoms with Gasteiger partial charge in [0.1, 0.15) is 5.60 Å². The van der Waals surface area contributed by atoms with Crippen LogP contribution in [0.5, 0.6) is 0 Å². The van der Waals surface area contributed by atoms with E-state index < -0.39 is 11.4 Å². The van der Waals surface area contributed by atoms with Gasteiger partial charge >= 0.3 is 0 Å². The molecule has 5 nitrogen and oxygen atoms in total. The van der Waals surface area contributed by atoms with E-state index in [0.717, 1.165) is 47.0 Å². The van der Waals surface area contributed by atoms with Crippen LogP contribution >= 0.6 is 0 Å². The van der Waals surface area contributed by atoms with Gasteiger partial charge in [0.25, 0.3) is 0 Å². The van der Waals surface area contributed by atoms with Crippen molar-refractivity contribution in [3.63, 3.8) is 0 Å². The Bertz CT molecular complexity index is 1220. The second-order valence-corrected chi connectivity index (χ2v) is 11.1. The standard InChI is InChI=1S/C27H31NO4/c1-24(2)20(29)14-18-16-10-11-17-22(30)21-15-8-6-7-9-19(15)28-23(21)26(17,4)25(16,3)12-13-27(18,31-5)32-24/h6-9,14,16-17,28H,10-13H2,1-5H3/t16?,17-,25-,26+,27-/m0/s1. The molecular formula is C27H31NO4. The highest BCUT2D eigenvalue weighted by atomic mass is 16.7. The Kier molecular flexibility index (Phi) is 3.82. The summed E-state index contributed by atoms with van der Waals surface area (Å²) in [4.78, 5) is 30.3. The summed E-state index contributed by atoms with van der Waals surface area (Å²) in [6.45, 7) is 8.24. The molecule has 4 aliphatic rings. The van der Waals surface area contributed by atoms with Crippen LogP contribution in [0.1, 0.15) is 69.4 Å². The highest BCUT2D eigenvalue weighted by Gasteiger charge is 2.69. The largest absolute Gasteiger partial charge is 0.357 e. The summed E-state index contributed by atoms with van der Waals surface area (Å²) in [5, 5.41) is 1.03. The number of benzene rings is 1. The average molecular weight is 434 g/mol. The van der Waals surface area contributed by atoms with E-state index in [1.54, 1.807) is 7.11 Å². The Morgan fingerprint density at radius 3 is 2.50 bits per heavy atom. The monoisotopic (exact) mass is 433 g/mol. The molecule has 32 heavy (non-hydrogen) atoms. The highest BCUT2D eigenvalue weighted by Crippen LogP contribution is 2.69. The molecule has 6 rings (SSSR count). The summed E-state index contributed by atoms with van der Waals surface area (Å²) in [5.41, 5.74) is 2.52. The molecule has 0 amide bonds. The fourth-order valence-corrected chi connectivity index (χ4v) is 7.64. The van der Waals surface area contributed by atoms with E-state index in [4.69, 9.17) is 9.47 Å². The Morgan fingerprint density at radius 1 is 1.03 bits per heavy atom. The molecule has 2 fully saturated rings. The maximum atomic E-state index is 13.7. The maximum Gasteiger partial charge on any atom is 0.192 e. The molecule has 5 heteroatoms. The molecule has 168 valence electrons. The molecule has 5 atom stereocenters. The van der Waals surface area contributed by atoms with Crippen LogP contribution in [0.2, 0.25) is 0 Å². The number of hydrogen-bond acceptors (Lipinski definition) is 4. The van der Waals surface area contributed by atoms with E-state index in [1.807, 2.05) is 32.1 Å². The van der Waals surface area contributed by atoms with Gasteiger partial charge in [0.2, 0.25) is 0 Å². The molecule has 1 aromatic heterocycles. The van der Waals surface area contributed by atoms with Crippen molar-refractivity contribution < 1.29 is 19.1 Å². The first kappa shape index (κ1) is 20.4. The minimum Gasteiger partial charge on any atom is -0.357 e. The molecule has 3 aliphatic carbocycles. The number of para-hydroxylation sites is 1. The van der Waals surface area contributed by atoms with Crippen LogP contribution in [0.3, 0.4) is 0 Å². The first-order valence-corrected chi connectivity index (χ1v) is 11.8. The topological polar surface area (TPSA) is 68.4 Å². The SMILES string of the molecule is CO[C@]12CC[C@@]3(C)C(CC[C@H]4C(=O)c5c([nH]c6ccccc56)[C@@]43C)C1=CC(=O)C(C)(C)O2. The molecule has 2 heterocycles. The Morgan fingerprint density at radius 2 is 1.75 bits per heavy atom. The maximum absolute atomic E-state index is 13.7. The number of aromatic amines is 1. The normalized spacial score (nSPS) is 39.8. The molecule has 2 saturated carbocycles. The third-order valence-corrected chi connectivity index (χ3v) is 9.60. The van der Waals surface area contributed by atoms with Crippen molar-refractivity contribution in [2.75, 3.05) is 7.11 Å². The van der Waals surface area contributed by atoms with Gasteiger partial charge in [0, 0.05) is 47.0 Å².